The van der Waals surface area contributed by atoms with Gasteiger partial charge in [0.05, 0.1) is 5.88 Å². The molecule has 0 aliphatic carbocycles. The molecule has 0 amide bonds. The standard InChI is InChI=1S/C13H10Cl2O/c14-9-10-8-11(15)6-7-13(10)16-12-4-2-1-3-5-12/h1-8H,9H2. The first-order valence-electron chi connectivity index (χ1n) is 4.87. The van der Waals surface area contributed by atoms with Gasteiger partial charge in [0.15, 0.2) is 0 Å². The Morgan fingerprint density at radius 2 is 1.75 bits per heavy atom. The maximum atomic E-state index is 5.88. The summed E-state index contributed by atoms with van der Waals surface area (Å²) in [5.41, 5.74) is 0.887. The van der Waals surface area contributed by atoms with Gasteiger partial charge in [0.25, 0.3) is 0 Å². The summed E-state index contributed by atoms with van der Waals surface area (Å²) in [6, 6.07) is 15.0. The van der Waals surface area contributed by atoms with Crippen LogP contribution in [-0.4, -0.2) is 0 Å². The fraction of sp³-hybridized carbons (Fsp3) is 0.0769. The third kappa shape index (κ3) is 2.69. The molecule has 0 N–H and O–H groups in total. The number of rotatable bonds is 3. The molecule has 0 unspecified atom stereocenters. The van der Waals surface area contributed by atoms with Crippen molar-refractivity contribution in [3.05, 3.63) is 59.1 Å². The minimum atomic E-state index is 0.378. The Morgan fingerprint density at radius 3 is 2.44 bits per heavy atom. The lowest BCUT2D eigenvalue weighted by molar-refractivity contribution is 0.478. The summed E-state index contributed by atoms with van der Waals surface area (Å²) in [4.78, 5) is 0. The normalized spacial score (nSPS) is 10.1. The highest BCUT2D eigenvalue weighted by Gasteiger charge is 2.04. The number of hydrogen-bond acceptors (Lipinski definition) is 1. The summed E-state index contributed by atoms with van der Waals surface area (Å²) in [5, 5.41) is 0.663. The lowest BCUT2D eigenvalue weighted by atomic mass is 10.2. The fourth-order valence-corrected chi connectivity index (χ4v) is 1.77. The van der Waals surface area contributed by atoms with Gasteiger partial charge in [-0.3, -0.25) is 0 Å². The molecule has 0 saturated carbocycles. The quantitative estimate of drug-likeness (QED) is 0.709. The highest BCUT2D eigenvalue weighted by molar-refractivity contribution is 6.30. The van der Waals surface area contributed by atoms with Crippen LogP contribution in [0, 0.1) is 0 Å². The zero-order valence-corrected chi connectivity index (χ0v) is 10.0. The maximum Gasteiger partial charge on any atom is 0.131 e. The molecule has 2 aromatic rings. The van der Waals surface area contributed by atoms with E-state index in [1.807, 2.05) is 42.5 Å². The predicted molar refractivity (Wildman–Crippen MR) is 67.5 cm³/mol. The Hall–Kier alpha value is -1.18. The summed E-state index contributed by atoms with van der Waals surface area (Å²) in [7, 11) is 0. The minimum absolute atomic E-state index is 0.378. The van der Waals surface area contributed by atoms with Crippen LogP contribution < -0.4 is 4.74 Å². The summed E-state index contributed by atoms with van der Waals surface area (Å²) in [6.07, 6.45) is 0. The van der Waals surface area contributed by atoms with Crippen LogP contribution >= 0.6 is 23.2 Å². The molecule has 1 nitrogen and oxygen atoms in total. The van der Waals surface area contributed by atoms with Gasteiger partial charge in [0.2, 0.25) is 0 Å². The van der Waals surface area contributed by atoms with E-state index in [1.165, 1.54) is 0 Å². The molecular formula is C13H10Cl2O. The van der Waals surface area contributed by atoms with Gasteiger partial charge >= 0.3 is 0 Å². The smallest absolute Gasteiger partial charge is 0.131 e. The zero-order chi connectivity index (χ0) is 11.4. The zero-order valence-electron chi connectivity index (χ0n) is 8.49. The predicted octanol–water partition coefficient (Wildman–Crippen LogP) is 4.87. The van der Waals surface area contributed by atoms with E-state index in [2.05, 4.69) is 0 Å². The van der Waals surface area contributed by atoms with Gasteiger partial charge in [-0.25, -0.2) is 0 Å². The first kappa shape index (κ1) is 11.3. The van der Waals surface area contributed by atoms with E-state index in [1.54, 1.807) is 6.07 Å². The van der Waals surface area contributed by atoms with Crippen LogP contribution in [-0.2, 0) is 5.88 Å². The Kier molecular flexibility index (Phi) is 3.70. The van der Waals surface area contributed by atoms with E-state index in [-0.39, 0.29) is 0 Å². The van der Waals surface area contributed by atoms with Crippen molar-refractivity contribution < 1.29 is 4.74 Å². The van der Waals surface area contributed by atoms with Crippen molar-refractivity contribution in [2.75, 3.05) is 0 Å². The summed E-state index contributed by atoms with van der Waals surface area (Å²) >= 11 is 11.7. The summed E-state index contributed by atoms with van der Waals surface area (Å²) in [5.74, 6) is 1.91. The van der Waals surface area contributed by atoms with E-state index >= 15 is 0 Å². The monoisotopic (exact) mass is 252 g/mol. The molecule has 82 valence electrons. The molecule has 0 aromatic heterocycles. The summed E-state index contributed by atoms with van der Waals surface area (Å²) < 4.78 is 5.71. The van der Waals surface area contributed by atoms with Crippen LogP contribution in [0.15, 0.2) is 48.5 Å². The van der Waals surface area contributed by atoms with E-state index < -0.39 is 0 Å². The molecule has 0 saturated heterocycles. The average Bonchev–Trinajstić information content (AvgIpc) is 2.33. The lowest BCUT2D eigenvalue weighted by Gasteiger charge is -2.09. The van der Waals surface area contributed by atoms with Crippen LogP contribution in [0.1, 0.15) is 5.56 Å². The van der Waals surface area contributed by atoms with E-state index in [9.17, 15) is 0 Å². The Morgan fingerprint density at radius 1 is 1.00 bits per heavy atom. The number of alkyl halides is 1. The van der Waals surface area contributed by atoms with Gasteiger partial charge in [0.1, 0.15) is 11.5 Å². The molecule has 2 aromatic carbocycles. The number of halogens is 2. The van der Waals surface area contributed by atoms with Crippen molar-refractivity contribution in [2.45, 2.75) is 5.88 Å². The maximum absolute atomic E-state index is 5.88. The Labute approximate surface area is 105 Å². The second-order valence-electron chi connectivity index (χ2n) is 3.30. The number of para-hydroxylation sites is 1. The van der Waals surface area contributed by atoms with Gasteiger partial charge in [-0.1, -0.05) is 29.8 Å². The molecule has 3 heteroatoms. The van der Waals surface area contributed by atoms with Crippen molar-refractivity contribution in [1.29, 1.82) is 0 Å². The number of hydrogen-bond donors (Lipinski definition) is 0. The highest BCUT2D eigenvalue weighted by Crippen LogP contribution is 2.28. The largest absolute Gasteiger partial charge is 0.457 e. The molecule has 0 fully saturated rings. The van der Waals surface area contributed by atoms with Crippen LogP contribution in [0.3, 0.4) is 0 Å². The van der Waals surface area contributed by atoms with Crippen LogP contribution in [0.25, 0.3) is 0 Å². The van der Waals surface area contributed by atoms with Gasteiger partial charge in [0, 0.05) is 10.6 Å². The van der Waals surface area contributed by atoms with Crippen molar-refractivity contribution in [2.24, 2.45) is 0 Å². The third-order valence-electron chi connectivity index (χ3n) is 2.14. The first-order chi connectivity index (χ1) is 7.79. The molecular weight excluding hydrogens is 243 g/mol. The second kappa shape index (κ2) is 5.24. The number of ether oxygens (including phenoxy) is 1. The first-order valence-corrected chi connectivity index (χ1v) is 5.78. The van der Waals surface area contributed by atoms with Crippen molar-refractivity contribution in [1.82, 2.24) is 0 Å². The van der Waals surface area contributed by atoms with Crippen molar-refractivity contribution in [3.8, 4) is 11.5 Å². The van der Waals surface area contributed by atoms with Crippen LogP contribution in [0.4, 0.5) is 0 Å². The van der Waals surface area contributed by atoms with E-state index in [0.717, 1.165) is 17.1 Å². The van der Waals surface area contributed by atoms with E-state index in [4.69, 9.17) is 27.9 Å². The molecule has 16 heavy (non-hydrogen) atoms. The average molecular weight is 253 g/mol. The molecule has 0 aliphatic heterocycles. The third-order valence-corrected chi connectivity index (χ3v) is 2.66. The van der Waals surface area contributed by atoms with Gasteiger partial charge < -0.3 is 4.74 Å². The van der Waals surface area contributed by atoms with E-state index in [0.29, 0.717) is 10.9 Å². The topological polar surface area (TPSA) is 9.23 Å². The molecule has 0 spiro atoms. The molecule has 0 radical (unpaired) electrons. The van der Waals surface area contributed by atoms with Crippen molar-refractivity contribution >= 4 is 23.2 Å². The molecule has 2 rings (SSSR count). The SMILES string of the molecule is ClCc1cc(Cl)ccc1Oc1ccccc1. The van der Waals surface area contributed by atoms with Gasteiger partial charge in [-0.05, 0) is 30.3 Å². The second-order valence-corrected chi connectivity index (χ2v) is 4.00. The highest BCUT2D eigenvalue weighted by atomic mass is 35.5. The number of benzene rings is 2. The Balaban J connectivity index is 2.28. The Bertz CT molecular complexity index is 469. The van der Waals surface area contributed by atoms with Crippen LogP contribution in [0.2, 0.25) is 5.02 Å². The molecule has 0 bridgehead atoms. The summed E-state index contributed by atoms with van der Waals surface area (Å²) in [6.45, 7) is 0. The van der Waals surface area contributed by atoms with Crippen molar-refractivity contribution in [3.63, 3.8) is 0 Å². The van der Waals surface area contributed by atoms with Gasteiger partial charge in [-0.2, -0.15) is 0 Å². The lowest BCUT2D eigenvalue weighted by Crippen LogP contribution is -1.89. The molecule has 0 aliphatic rings. The minimum Gasteiger partial charge on any atom is -0.457 e. The molecule has 0 heterocycles. The molecule has 0 atom stereocenters. The van der Waals surface area contributed by atoms with Crippen LogP contribution in [0.5, 0.6) is 11.5 Å². The fourth-order valence-electron chi connectivity index (χ4n) is 1.37. The van der Waals surface area contributed by atoms with Gasteiger partial charge in [-0.15, -0.1) is 11.6 Å².